The number of hydrogen-bond donors (Lipinski definition) is 1. The highest BCUT2D eigenvalue weighted by molar-refractivity contribution is 6.30. The number of fused-ring (bicyclic) bond motifs is 1. The quantitative estimate of drug-likeness (QED) is 0.391. The van der Waals surface area contributed by atoms with Crippen molar-refractivity contribution in [3.8, 4) is 0 Å². The average Bonchev–Trinajstić information content (AvgIpc) is 2.99. The minimum absolute atomic E-state index is 0.0591. The van der Waals surface area contributed by atoms with Gasteiger partial charge in [0.05, 0.1) is 10.7 Å². The van der Waals surface area contributed by atoms with Crippen LogP contribution in [0.25, 0.3) is 0 Å². The smallest absolute Gasteiger partial charge is 0.155 e. The van der Waals surface area contributed by atoms with Gasteiger partial charge in [0.15, 0.2) is 5.82 Å². The third kappa shape index (κ3) is 4.87. The molecular formula is C23H26ClFN4O. The van der Waals surface area contributed by atoms with Gasteiger partial charge in [0.1, 0.15) is 5.82 Å². The van der Waals surface area contributed by atoms with Gasteiger partial charge in [-0.2, -0.15) is 0 Å². The highest BCUT2D eigenvalue weighted by Gasteiger charge is 2.23. The molecular weight excluding hydrogens is 403 g/mol. The first-order valence-electron chi connectivity index (χ1n) is 10.6. The molecule has 3 heterocycles. The maximum Gasteiger partial charge on any atom is 0.155 e. The van der Waals surface area contributed by atoms with Crippen LogP contribution in [0.1, 0.15) is 48.8 Å². The fourth-order valence-electron chi connectivity index (χ4n) is 4.23. The number of rotatable bonds is 6. The van der Waals surface area contributed by atoms with Gasteiger partial charge < -0.3 is 10.1 Å². The fraction of sp³-hybridized carbons (Fsp3) is 0.435. The van der Waals surface area contributed by atoms with E-state index in [2.05, 4.69) is 15.0 Å². The Kier molecular flexibility index (Phi) is 6.75. The van der Waals surface area contributed by atoms with E-state index in [0.717, 1.165) is 41.8 Å². The third-order valence-corrected chi connectivity index (χ3v) is 6.17. The van der Waals surface area contributed by atoms with E-state index in [1.165, 1.54) is 44.8 Å². The van der Waals surface area contributed by atoms with Crippen molar-refractivity contribution in [2.24, 2.45) is 10.1 Å². The lowest BCUT2D eigenvalue weighted by atomic mass is 9.96. The summed E-state index contributed by atoms with van der Waals surface area (Å²) in [5.41, 5.74) is 4.22. The number of pyridine rings is 1. The van der Waals surface area contributed by atoms with Gasteiger partial charge in [0.2, 0.25) is 0 Å². The summed E-state index contributed by atoms with van der Waals surface area (Å²) in [4.78, 5) is 11.7. The first kappa shape index (κ1) is 20.9. The molecule has 7 heteroatoms. The lowest BCUT2D eigenvalue weighted by Crippen LogP contribution is -2.27. The molecule has 1 saturated heterocycles. The molecule has 1 N–H and O–H groups in total. The zero-order valence-corrected chi connectivity index (χ0v) is 17.7. The lowest BCUT2D eigenvalue weighted by Gasteiger charge is -2.19. The lowest BCUT2D eigenvalue weighted by molar-refractivity contribution is 0.293. The molecule has 2 aliphatic rings. The van der Waals surface area contributed by atoms with Crippen LogP contribution in [0.3, 0.4) is 0 Å². The van der Waals surface area contributed by atoms with Crippen molar-refractivity contribution in [2.75, 3.05) is 19.6 Å². The maximum atomic E-state index is 13.5. The van der Waals surface area contributed by atoms with Crippen LogP contribution in [0.15, 0.2) is 40.6 Å². The zero-order chi connectivity index (χ0) is 20.9. The summed E-state index contributed by atoms with van der Waals surface area (Å²) in [6.07, 6.45) is 8.90. The number of oxime groups is 1. The summed E-state index contributed by atoms with van der Waals surface area (Å²) in [6.45, 7) is 3.37. The van der Waals surface area contributed by atoms with Crippen molar-refractivity contribution in [3.63, 3.8) is 0 Å². The van der Waals surface area contributed by atoms with Crippen molar-refractivity contribution >= 4 is 28.8 Å². The van der Waals surface area contributed by atoms with E-state index in [4.69, 9.17) is 16.6 Å². The summed E-state index contributed by atoms with van der Waals surface area (Å²) in [5.74, 6) is 0.242. The van der Waals surface area contributed by atoms with E-state index in [9.17, 15) is 9.60 Å². The van der Waals surface area contributed by atoms with Crippen LogP contribution in [-0.4, -0.2) is 46.1 Å². The summed E-state index contributed by atoms with van der Waals surface area (Å²) < 4.78 is 13.5. The van der Waals surface area contributed by atoms with Gasteiger partial charge in [-0.1, -0.05) is 35.7 Å². The van der Waals surface area contributed by atoms with Crippen molar-refractivity contribution in [1.82, 2.24) is 9.88 Å². The maximum absolute atomic E-state index is 13.5. The second-order valence-corrected chi connectivity index (χ2v) is 8.40. The van der Waals surface area contributed by atoms with Crippen LogP contribution in [0.5, 0.6) is 0 Å². The topological polar surface area (TPSA) is 61.1 Å². The van der Waals surface area contributed by atoms with E-state index >= 15 is 0 Å². The molecule has 1 aromatic heterocycles. The summed E-state index contributed by atoms with van der Waals surface area (Å²) in [7, 11) is 0. The van der Waals surface area contributed by atoms with Crippen LogP contribution in [0, 0.1) is 5.82 Å². The minimum Gasteiger partial charge on any atom is -0.411 e. The molecule has 0 saturated carbocycles. The number of nitrogens with zero attached hydrogens (tertiary/aromatic N) is 4. The highest BCUT2D eigenvalue weighted by atomic mass is 35.5. The first-order valence-corrected chi connectivity index (χ1v) is 10.9. The van der Waals surface area contributed by atoms with E-state index in [-0.39, 0.29) is 5.02 Å². The predicted molar refractivity (Wildman–Crippen MR) is 118 cm³/mol. The molecule has 158 valence electrons. The Bertz CT molecular complexity index is 968. The molecule has 0 aliphatic carbocycles. The molecule has 0 unspecified atom stereocenters. The van der Waals surface area contributed by atoms with Crippen molar-refractivity contribution in [2.45, 2.75) is 44.9 Å². The average molecular weight is 429 g/mol. The molecule has 4 rings (SSSR count). The molecule has 1 aromatic carbocycles. The van der Waals surface area contributed by atoms with Crippen LogP contribution in [0.2, 0.25) is 5.02 Å². The van der Waals surface area contributed by atoms with Gasteiger partial charge in [-0.15, -0.1) is 0 Å². The van der Waals surface area contributed by atoms with Gasteiger partial charge in [0.25, 0.3) is 0 Å². The standard InChI is InChI=1S/C23H26ClFN4O/c24-20-13-16(5-6-21(20)25)14-22(28-30)18-7-9-26-23-19(18)15-17(27-23)8-12-29-10-3-1-2-4-11-29/h5-7,9,13,30H,1-4,8,10-12,14-15H2/b28-22+. The number of halogens is 2. The molecule has 5 nitrogen and oxygen atoms in total. The van der Waals surface area contributed by atoms with Crippen LogP contribution < -0.4 is 0 Å². The molecule has 2 aliphatic heterocycles. The molecule has 0 amide bonds. The Morgan fingerprint density at radius 1 is 1.17 bits per heavy atom. The Morgan fingerprint density at radius 2 is 1.97 bits per heavy atom. The number of aliphatic imine (C=N–C) groups is 1. The Labute approximate surface area is 181 Å². The molecule has 0 spiro atoms. The normalized spacial score (nSPS) is 17.5. The van der Waals surface area contributed by atoms with Crippen molar-refractivity contribution < 1.29 is 9.60 Å². The number of likely N-dealkylation sites (tertiary alicyclic amines) is 1. The zero-order valence-electron chi connectivity index (χ0n) is 16.9. The Balaban J connectivity index is 1.45. The monoisotopic (exact) mass is 428 g/mol. The highest BCUT2D eigenvalue weighted by Crippen LogP contribution is 2.30. The first-order chi connectivity index (χ1) is 14.6. The van der Waals surface area contributed by atoms with Gasteiger partial charge in [-0.3, -0.25) is 0 Å². The van der Waals surface area contributed by atoms with Crippen molar-refractivity contribution in [1.29, 1.82) is 0 Å². The Hall–Kier alpha value is -2.31. The summed E-state index contributed by atoms with van der Waals surface area (Å²) in [6, 6.07) is 6.39. The molecule has 0 atom stereocenters. The van der Waals surface area contributed by atoms with E-state index in [1.54, 1.807) is 18.3 Å². The second kappa shape index (κ2) is 9.67. The SMILES string of the molecule is O/N=C(\Cc1ccc(F)c(Cl)c1)c1ccnc2c1CC(CCN1CCCCCC1)=N2. The van der Waals surface area contributed by atoms with Crippen LogP contribution in [-0.2, 0) is 12.8 Å². The number of hydrogen-bond acceptors (Lipinski definition) is 5. The van der Waals surface area contributed by atoms with Gasteiger partial charge in [-0.25, -0.2) is 14.4 Å². The van der Waals surface area contributed by atoms with Crippen LogP contribution in [0.4, 0.5) is 10.2 Å². The summed E-state index contributed by atoms with van der Waals surface area (Å²) in [5, 5.41) is 13.3. The molecule has 0 bridgehead atoms. The van der Waals surface area contributed by atoms with E-state index in [0.29, 0.717) is 18.0 Å². The second-order valence-electron chi connectivity index (χ2n) is 7.99. The third-order valence-electron chi connectivity index (χ3n) is 5.88. The predicted octanol–water partition coefficient (Wildman–Crippen LogP) is 5.19. The van der Waals surface area contributed by atoms with Crippen molar-refractivity contribution in [3.05, 3.63) is 58.0 Å². The number of aromatic nitrogens is 1. The fourth-order valence-corrected chi connectivity index (χ4v) is 4.44. The van der Waals surface area contributed by atoms with Gasteiger partial charge >= 0.3 is 0 Å². The molecule has 0 radical (unpaired) electrons. The van der Waals surface area contributed by atoms with Crippen LogP contribution >= 0.6 is 11.6 Å². The summed E-state index contributed by atoms with van der Waals surface area (Å²) >= 11 is 5.90. The largest absolute Gasteiger partial charge is 0.411 e. The van der Waals surface area contributed by atoms with E-state index < -0.39 is 5.82 Å². The number of benzene rings is 1. The molecule has 1 fully saturated rings. The minimum atomic E-state index is -0.463. The van der Waals surface area contributed by atoms with Gasteiger partial charge in [0, 0.05) is 42.4 Å². The van der Waals surface area contributed by atoms with Gasteiger partial charge in [-0.05, 0) is 56.1 Å². The Morgan fingerprint density at radius 3 is 2.70 bits per heavy atom. The molecule has 30 heavy (non-hydrogen) atoms. The van der Waals surface area contributed by atoms with E-state index in [1.807, 2.05) is 6.07 Å². The molecule has 2 aromatic rings.